The van der Waals surface area contributed by atoms with E-state index in [9.17, 15) is 0 Å². The van der Waals surface area contributed by atoms with Crippen LogP contribution in [0.5, 0.6) is 5.75 Å². The Bertz CT molecular complexity index is 996. The first-order valence-electron chi connectivity index (χ1n) is 8.79. The molecule has 1 heterocycles. The molecule has 0 spiro atoms. The summed E-state index contributed by atoms with van der Waals surface area (Å²) in [5.41, 5.74) is 4.57. The van der Waals surface area contributed by atoms with Gasteiger partial charge in [-0.1, -0.05) is 60.3 Å². The number of ether oxygens (including phenoxy) is 1. The van der Waals surface area contributed by atoms with Crippen LogP contribution in [-0.4, -0.2) is 16.7 Å². The fraction of sp³-hybridized carbons (Fsp3) is 0.0870. The highest BCUT2D eigenvalue weighted by Gasteiger charge is 2.14. The van der Waals surface area contributed by atoms with Crippen LogP contribution >= 0.6 is 11.8 Å². The third-order valence-corrected chi connectivity index (χ3v) is 5.36. The second kappa shape index (κ2) is 8.14. The quantitative estimate of drug-likeness (QED) is 0.398. The molecule has 1 aromatic heterocycles. The van der Waals surface area contributed by atoms with E-state index in [1.54, 1.807) is 18.9 Å². The van der Waals surface area contributed by atoms with E-state index in [1.807, 2.05) is 30.5 Å². The van der Waals surface area contributed by atoms with Gasteiger partial charge in [0, 0.05) is 17.0 Å². The molecule has 0 radical (unpaired) electrons. The smallest absolute Gasteiger partial charge is 0.173 e. The molecule has 4 heteroatoms. The van der Waals surface area contributed by atoms with Crippen molar-refractivity contribution in [3.63, 3.8) is 0 Å². The van der Waals surface area contributed by atoms with Crippen molar-refractivity contribution in [3.05, 3.63) is 96.7 Å². The molecule has 0 atom stereocenters. The molecular weight excluding hydrogens is 352 g/mol. The fourth-order valence-electron chi connectivity index (χ4n) is 2.95. The molecule has 0 bridgehead atoms. The molecule has 27 heavy (non-hydrogen) atoms. The molecule has 0 unspecified atom stereocenters. The molecule has 0 amide bonds. The summed E-state index contributed by atoms with van der Waals surface area (Å²) < 4.78 is 7.50. The molecule has 0 saturated carbocycles. The average Bonchev–Trinajstić information content (AvgIpc) is 3.17. The zero-order chi connectivity index (χ0) is 18.5. The summed E-state index contributed by atoms with van der Waals surface area (Å²) in [4.78, 5) is 4.72. The highest BCUT2D eigenvalue weighted by Crippen LogP contribution is 2.32. The van der Waals surface area contributed by atoms with Gasteiger partial charge in [-0.15, -0.1) is 0 Å². The van der Waals surface area contributed by atoms with Gasteiger partial charge in [0.15, 0.2) is 5.16 Å². The van der Waals surface area contributed by atoms with Crippen molar-refractivity contribution in [1.82, 2.24) is 9.55 Å². The number of aromatic nitrogens is 2. The van der Waals surface area contributed by atoms with Crippen molar-refractivity contribution in [3.8, 4) is 22.7 Å². The summed E-state index contributed by atoms with van der Waals surface area (Å²) in [6.07, 6.45) is 1.95. The number of thioether (sulfide) groups is 1. The molecule has 134 valence electrons. The van der Waals surface area contributed by atoms with Gasteiger partial charge in [-0.2, -0.15) is 0 Å². The first-order chi connectivity index (χ1) is 13.3. The van der Waals surface area contributed by atoms with Crippen LogP contribution in [0.3, 0.4) is 0 Å². The monoisotopic (exact) mass is 372 g/mol. The van der Waals surface area contributed by atoms with Crippen LogP contribution in [0.2, 0.25) is 0 Å². The minimum Gasteiger partial charge on any atom is -0.497 e. The molecule has 0 saturated heterocycles. The highest BCUT2D eigenvalue weighted by atomic mass is 32.2. The topological polar surface area (TPSA) is 27.1 Å². The number of nitrogens with zero attached hydrogens (tertiary/aromatic N) is 2. The van der Waals surface area contributed by atoms with Crippen molar-refractivity contribution in [2.75, 3.05) is 7.11 Å². The Labute approximate surface area is 163 Å². The third kappa shape index (κ3) is 3.91. The van der Waals surface area contributed by atoms with E-state index >= 15 is 0 Å². The van der Waals surface area contributed by atoms with Gasteiger partial charge in [-0.3, -0.25) is 4.57 Å². The molecule has 3 aromatic carbocycles. The van der Waals surface area contributed by atoms with Crippen molar-refractivity contribution < 1.29 is 4.74 Å². The fourth-order valence-corrected chi connectivity index (χ4v) is 3.90. The molecule has 0 aliphatic carbocycles. The van der Waals surface area contributed by atoms with Gasteiger partial charge in [0.25, 0.3) is 0 Å². The normalized spacial score (nSPS) is 10.7. The SMILES string of the molecule is COc1ccc(-c2cnc(SCc3ccccc3)n2-c2ccccc2)cc1. The number of benzene rings is 3. The Hall–Kier alpha value is -2.98. The number of methoxy groups -OCH3 is 1. The largest absolute Gasteiger partial charge is 0.497 e. The number of imidazole rings is 1. The second-order valence-electron chi connectivity index (χ2n) is 6.10. The maximum Gasteiger partial charge on any atom is 0.173 e. The number of hydrogen-bond acceptors (Lipinski definition) is 3. The van der Waals surface area contributed by atoms with Crippen LogP contribution in [0.25, 0.3) is 16.9 Å². The van der Waals surface area contributed by atoms with Gasteiger partial charge in [0.1, 0.15) is 5.75 Å². The van der Waals surface area contributed by atoms with E-state index in [4.69, 9.17) is 9.72 Å². The lowest BCUT2D eigenvalue weighted by atomic mass is 10.1. The zero-order valence-electron chi connectivity index (χ0n) is 15.1. The van der Waals surface area contributed by atoms with E-state index in [-0.39, 0.29) is 0 Å². The predicted molar refractivity (Wildman–Crippen MR) is 112 cm³/mol. The van der Waals surface area contributed by atoms with Crippen LogP contribution in [0, 0.1) is 0 Å². The van der Waals surface area contributed by atoms with Gasteiger partial charge >= 0.3 is 0 Å². The van der Waals surface area contributed by atoms with Crippen LogP contribution in [-0.2, 0) is 5.75 Å². The molecule has 3 nitrogen and oxygen atoms in total. The standard InChI is InChI=1S/C23H20N2OS/c1-26-21-14-12-19(13-15-21)22-16-24-23(25(22)20-10-6-3-7-11-20)27-17-18-8-4-2-5-9-18/h2-16H,17H2,1H3. The summed E-state index contributed by atoms with van der Waals surface area (Å²) in [5.74, 6) is 1.73. The minimum atomic E-state index is 0.850. The lowest BCUT2D eigenvalue weighted by Gasteiger charge is -2.12. The maximum absolute atomic E-state index is 5.29. The highest BCUT2D eigenvalue weighted by molar-refractivity contribution is 7.98. The Morgan fingerprint density at radius 3 is 2.19 bits per heavy atom. The Morgan fingerprint density at radius 1 is 0.852 bits per heavy atom. The lowest BCUT2D eigenvalue weighted by Crippen LogP contribution is -1.99. The Kier molecular flexibility index (Phi) is 5.26. The van der Waals surface area contributed by atoms with Crippen LogP contribution in [0.1, 0.15) is 5.56 Å². The molecule has 0 aliphatic rings. The van der Waals surface area contributed by atoms with E-state index < -0.39 is 0 Å². The number of rotatable bonds is 6. The first-order valence-corrected chi connectivity index (χ1v) is 9.78. The molecule has 0 aliphatic heterocycles. The van der Waals surface area contributed by atoms with E-state index in [0.717, 1.165) is 33.6 Å². The Morgan fingerprint density at radius 2 is 1.52 bits per heavy atom. The third-order valence-electron chi connectivity index (χ3n) is 4.34. The molecule has 0 fully saturated rings. The van der Waals surface area contributed by atoms with Gasteiger partial charge < -0.3 is 4.74 Å². The lowest BCUT2D eigenvalue weighted by molar-refractivity contribution is 0.415. The minimum absolute atomic E-state index is 0.850. The van der Waals surface area contributed by atoms with E-state index in [0.29, 0.717) is 0 Å². The zero-order valence-corrected chi connectivity index (χ0v) is 15.9. The molecule has 4 rings (SSSR count). The predicted octanol–water partition coefficient (Wildman–Crippen LogP) is 5.84. The van der Waals surface area contributed by atoms with Crippen LogP contribution < -0.4 is 4.74 Å². The summed E-state index contributed by atoms with van der Waals surface area (Å²) >= 11 is 1.75. The summed E-state index contributed by atoms with van der Waals surface area (Å²) in [6, 6.07) is 28.9. The van der Waals surface area contributed by atoms with E-state index in [2.05, 4.69) is 65.2 Å². The summed E-state index contributed by atoms with van der Waals surface area (Å²) in [6.45, 7) is 0. The first kappa shape index (κ1) is 17.4. The molecule has 4 aromatic rings. The van der Waals surface area contributed by atoms with Gasteiger partial charge in [0.2, 0.25) is 0 Å². The van der Waals surface area contributed by atoms with Crippen LogP contribution in [0.15, 0.2) is 96.3 Å². The van der Waals surface area contributed by atoms with Gasteiger partial charge in [-0.05, 0) is 42.0 Å². The molecular formula is C23H20N2OS. The summed E-state index contributed by atoms with van der Waals surface area (Å²) in [7, 11) is 1.68. The molecule has 0 N–H and O–H groups in total. The van der Waals surface area contributed by atoms with Gasteiger partial charge in [-0.25, -0.2) is 4.98 Å². The second-order valence-corrected chi connectivity index (χ2v) is 7.04. The van der Waals surface area contributed by atoms with Gasteiger partial charge in [0.05, 0.1) is 19.0 Å². The Balaban J connectivity index is 1.72. The number of para-hydroxylation sites is 1. The van der Waals surface area contributed by atoms with Crippen molar-refractivity contribution in [1.29, 1.82) is 0 Å². The van der Waals surface area contributed by atoms with Crippen molar-refractivity contribution in [2.24, 2.45) is 0 Å². The van der Waals surface area contributed by atoms with Crippen molar-refractivity contribution >= 4 is 11.8 Å². The average molecular weight is 372 g/mol. The van der Waals surface area contributed by atoms with E-state index in [1.165, 1.54) is 5.56 Å². The van der Waals surface area contributed by atoms with Crippen LogP contribution in [0.4, 0.5) is 0 Å². The maximum atomic E-state index is 5.29. The summed E-state index contributed by atoms with van der Waals surface area (Å²) in [5, 5.41) is 0.982. The number of hydrogen-bond donors (Lipinski definition) is 0. The van der Waals surface area contributed by atoms with Crippen molar-refractivity contribution in [2.45, 2.75) is 10.9 Å².